The van der Waals surface area contributed by atoms with E-state index in [1.165, 1.54) is 5.56 Å². The van der Waals surface area contributed by atoms with E-state index in [1.54, 1.807) is 0 Å². The summed E-state index contributed by atoms with van der Waals surface area (Å²) in [6, 6.07) is 17.0. The molecule has 0 aliphatic heterocycles. The highest BCUT2D eigenvalue weighted by Gasteiger charge is 2.20. The topological polar surface area (TPSA) is 46.5 Å². The lowest BCUT2D eigenvalue weighted by Gasteiger charge is -2.14. The minimum Gasteiger partial charge on any atom is -0.492 e. The molecule has 2 aromatic rings. The van der Waals surface area contributed by atoms with E-state index < -0.39 is 11.9 Å². The Morgan fingerprint density at radius 1 is 1.00 bits per heavy atom. The predicted octanol–water partition coefficient (Wildman–Crippen LogP) is 4.06. The fraction of sp³-hybridized carbons (Fsp3) is 0.278. The molecule has 0 radical (unpaired) electrons. The Kier molecular flexibility index (Phi) is 4.99. The first-order valence-electron chi connectivity index (χ1n) is 7.08. The molecule has 3 nitrogen and oxygen atoms in total. The van der Waals surface area contributed by atoms with Gasteiger partial charge < -0.3 is 9.84 Å². The molecule has 1 unspecified atom stereocenters. The quantitative estimate of drug-likeness (QED) is 0.870. The van der Waals surface area contributed by atoms with Crippen molar-refractivity contribution in [1.29, 1.82) is 0 Å². The normalized spacial score (nSPS) is 12.1. The molecule has 0 heterocycles. The number of benzene rings is 2. The van der Waals surface area contributed by atoms with Crippen LogP contribution >= 0.6 is 0 Å². The van der Waals surface area contributed by atoms with Crippen LogP contribution in [0.5, 0.6) is 5.75 Å². The molecule has 0 aliphatic rings. The molecule has 1 N–H and O–H groups in total. The molecular formula is C18H20O3. The Hall–Kier alpha value is -2.29. The van der Waals surface area contributed by atoms with E-state index in [4.69, 9.17) is 4.74 Å². The summed E-state index contributed by atoms with van der Waals surface area (Å²) in [4.78, 5) is 11.4. The maximum absolute atomic E-state index is 11.4. The zero-order chi connectivity index (χ0) is 15.2. The first-order valence-corrected chi connectivity index (χ1v) is 7.08. The van der Waals surface area contributed by atoms with Gasteiger partial charge in [0.1, 0.15) is 18.3 Å². The Labute approximate surface area is 125 Å². The monoisotopic (exact) mass is 284 g/mol. The van der Waals surface area contributed by atoms with Gasteiger partial charge in [-0.15, -0.1) is 0 Å². The number of carboxylic acids is 1. The summed E-state index contributed by atoms with van der Waals surface area (Å²) in [5.74, 6) is -0.368. The van der Waals surface area contributed by atoms with Crippen LogP contribution in [0.2, 0.25) is 0 Å². The summed E-state index contributed by atoms with van der Waals surface area (Å²) < 4.78 is 5.64. The number of hydrogen-bond donors (Lipinski definition) is 1. The molecule has 2 rings (SSSR count). The van der Waals surface area contributed by atoms with Gasteiger partial charge in [-0.3, -0.25) is 4.79 Å². The van der Waals surface area contributed by atoms with Gasteiger partial charge in [-0.1, -0.05) is 56.3 Å². The van der Waals surface area contributed by atoms with Gasteiger partial charge in [-0.2, -0.15) is 0 Å². The van der Waals surface area contributed by atoms with Crippen LogP contribution in [-0.4, -0.2) is 17.7 Å². The fourth-order valence-corrected chi connectivity index (χ4v) is 2.12. The van der Waals surface area contributed by atoms with E-state index in [9.17, 15) is 9.90 Å². The van der Waals surface area contributed by atoms with Crippen molar-refractivity contribution in [3.8, 4) is 5.75 Å². The maximum atomic E-state index is 11.4. The van der Waals surface area contributed by atoms with Crippen LogP contribution in [0.4, 0.5) is 0 Å². The molecule has 3 heteroatoms. The highest BCUT2D eigenvalue weighted by Crippen LogP contribution is 2.21. The number of carboxylic acid groups (broad SMARTS) is 1. The van der Waals surface area contributed by atoms with Gasteiger partial charge in [0, 0.05) is 0 Å². The van der Waals surface area contributed by atoms with Crippen LogP contribution in [0.25, 0.3) is 0 Å². The van der Waals surface area contributed by atoms with Crippen molar-refractivity contribution in [2.45, 2.75) is 25.7 Å². The van der Waals surface area contributed by atoms with Crippen LogP contribution in [0.15, 0.2) is 54.6 Å². The SMILES string of the molecule is CC(C)c1ccc(OCC(C(=O)O)c2ccccc2)cc1. The zero-order valence-electron chi connectivity index (χ0n) is 12.3. The number of carbonyl (C=O) groups is 1. The summed E-state index contributed by atoms with van der Waals surface area (Å²) in [5.41, 5.74) is 1.99. The lowest BCUT2D eigenvalue weighted by molar-refractivity contribution is -0.139. The highest BCUT2D eigenvalue weighted by molar-refractivity contribution is 5.76. The zero-order valence-corrected chi connectivity index (χ0v) is 12.3. The second-order valence-electron chi connectivity index (χ2n) is 5.34. The molecule has 0 amide bonds. The molecule has 0 aliphatic carbocycles. The van der Waals surface area contributed by atoms with Gasteiger partial charge in [0.05, 0.1) is 0 Å². The molecule has 110 valence electrons. The smallest absolute Gasteiger partial charge is 0.314 e. The minimum atomic E-state index is -0.875. The van der Waals surface area contributed by atoms with Crippen molar-refractivity contribution < 1.29 is 14.6 Å². The molecule has 1 atom stereocenters. The van der Waals surface area contributed by atoms with Crippen LogP contribution < -0.4 is 4.74 Å². The van der Waals surface area contributed by atoms with E-state index in [2.05, 4.69) is 13.8 Å². The average Bonchev–Trinajstić information content (AvgIpc) is 2.48. The standard InChI is InChI=1S/C18H20O3/c1-13(2)14-8-10-16(11-9-14)21-12-17(18(19)20)15-6-4-3-5-7-15/h3-11,13,17H,12H2,1-2H3,(H,19,20). The van der Waals surface area contributed by atoms with E-state index >= 15 is 0 Å². The average molecular weight is 284 g/mol. The van der Waals surface area contributed by atoms with Crippen LogP contribution in [0.1, 0.15) is 36.8 Å². The van der Waals surface area contributed by atoms with E-state index in [0.29, 0.717) is 11.7 Å². The molecule has 0 bridgehead atoms. The van der Waals surface area contributed by atoms with Gasteiger partial charge in [-0.05, 0) is 29.2 Å². The van der Waals surface area contributed by atoms with E-state index in [0.717, 1.165) is 5.56 Å². The predicted molar refractivity (Wildman–Crippen MR) is 82.8 cm³/mol. The molecule has 0 saturated heterocycles. The largest absolute Gasteiger partial charge is 0.492 e. The third-order valence-corrected chi connectivity index (χ3v) is 3.46. The van der Waals surface area contributed by atoms with Gasteiger partial charge in [0.15, 0.2) is 0 Å². The molecule has 0 aromatic heterocycles. The number of ether oxygens (including phenoxy) is 1. The van der Waals surface area contributed by atoms with Crippen LogP contribution in [0.3, 0.4) is 0 Å². The highest BCUT2D eigenvalue weighted by atomic mass is 16.5. The van der Waals surface area contributed by atoms with Crippen LogP contribution in [0, 0.1) is 0 Å². The first-order chi connectivity index (χ1) is 10.1. The maximum Gasteiger partial charge on any atom is 0.314 e. The number of hydrogen-bond acceptors (Lipinski definition) is 2. The van der Waals surface area contributed by atoms with E-state index in [-0.39, 0.29) is 6.61 Å². The van der Waals surface area contributed by atoms with Crippen LogP contribution in [-0.2, 0) is 4.79 Å². The Bertz CT molecular complexity index is 573. The number of rotatable bonds is 6. The first kappa shape index (κ1) is 15.1. The summed E-state index contributed by atoms with van der Waals surface area (Å²) >= 11 is 0. The minimum absolute atomic E-state index is 0.125. The van der Waals surface area contributed by atoms with Crippen molar-refractivity contribution in [1.82, 2.24) is 0 Å². The summed E-state index contributed by atoms with van der Waals surface area (Å²) in [5, 5.41) is 9.34. The van der Waals surface area contributed by atoms with Crippen molar-refractivity contribution in [2.75, 3.05) is 6.61 Å². The third kappa shape index (κ3) is 4.09. The van der Waals surface area contributed by atoms with Crippen molar-refractivity contribution in [3.63, 3.8) is 0 Å². The third-order valence-electron chi connectivity index (χ3n) is 3.46. The van der Waals surface area contributed by atoms with Gasteiger partial charge >= 0.3 is 5.97 Å². The Morgan fingerprint density at radius 3 is 2.14 bits per heavy atom. The molecular weight excluding hydrogens is 264 g/mol. The lowest BCUT2D eigenvalue weighted by Crippen LogP contribution is -2.19. The van der Waals surface area contributed by atoms with Crippen molar-refractivity contribution >= 4 is 5.97 Å². The van der Waals surface area contributed by atoms with E-state index in [1.807, 2.05) is 54.6 Å². The summed E-state index contributed by atoms with van der Waals surface area (Å²) in [6.45, 7) is 4.39. The Balaban J connectivity index is 2.04. The molecule has 0 spiro atoms. The fourth-order valence-electron chi connectivity index (χ4n) is 2.12. The molecule has 0 fully saturated rings. The summed E-state index contributed by atoms with van der Waals surface area (Å²) in [7, 11) is 0. The molecule has 0 saturated carbocycles. The second kappa shape index (κ2) is 6.93. The van der Waals surface area contributed by atoms with Gasteiger partial charge in [0.25, 0.3) is 0 Å². The Morgan fingerprint density at radius 2 is 1.62 bits per heavy atom. The second-order valence-corrected chi connectivity index (χ2v) is 5.34. The number of aliphatic carboxylic acids is 1. The molecule has 21 heavy (non-hydrogen) atoms. The van der Waals surface area contributed by atoms with Crippen molar-refractivity contribution in [3.05, 3.63) is 65.7 Å². The molecule has 2 aromatic carbocycles. The lowest BCUT2D eigenvalue weighted by atomic mass is 10.0. The summed E-state index contributed by atoms with van der Waals surface area (Å²) in [6.07, 6.45) is 0. The van der Waals surface area contributed by atoms with Gasteiger partial charge in [-0.25, -0.2) is 0 Å². The van der Waals surface area contributed by atoms with Gasteiger partial charge in [0.2, 0.25) is 0 Å². The van der Waals surface area contributed by atoms with Crippen molar-refractivity contribution in [2.24, 2.45) is 0 Å².